The molecule has 0 saturated heterocycles. The van der Waals surface area contributed by atoms with Crippen molar-refractivity contribution in [2.45, 2.75) is 13.9 Å². The Morgan fingerprint density at radius 3 is 2.29 bits per heavy atom. The average molecular weight is 172 g/mol. The Kier molecular flexibility index (Phi) is 18.0. The molecule has 0 saturated carbocycles. The number of hydrogen-bond acceptors (Lipinski definition) is 0. The van der Waals surface area contributed by atoms with Crippen molar-refractivity contribution < 1.29 is 17.1 Å². The second kappa shape index (κ2) is 10.8. The number of allylic oxidation sites excluding steroid dienone is 2. The Morgan fingerprint density at radius 1 is 1.57 bits per heavy atom. The molecule has 0 N–H and O–H groups in total. The molecule has 0 spiro atoms. The van der Waals surface area contributed by atoms with Crippen LogP contribution in [0, 0.1) is 0 Å². The van der Waals surface area contributed by atoms with Crippen molar-refractivity contribution in [1.82, 2.24) is 0 Å². The van der Waals surface area contributed by atoms with Crippen LogP contribution in [0.4, 0.5) is 0 Å². The Labute approximate surface area is 90.2 Å². The molecular weight excluding hydrogens is 163 g/mol. The summed E-state index contributed by atoms with van der Waals surface area (Å²) in [6.07, 6.45) is 5.66. The smallest absolute Gasteiger partial charge is 0 e. The summed E-state index contributed by atoms with van der Waals surface area (Å²) in [4.78, 5) is 0. The summed E-state index contributed by atoms with van der Waals surface area (Å²) in [6.45, 7) is 2.07. The van der Waals surface area contributed by atoms with Crippen molar-refractivity contribution in [3.05, 3.63) is 12.2 Å². The quantitative estimate of drug-likeness (QED) is 0.437. The fourth-order valence-corrected chi connectivity index (χ4v) is 0.854. The molecule has 41 valence electrons. The van der Waals surface area contributed by atoms with Crippen LogP contribution in [0.2, 0.25) is 0.515 Å². The van der Waals surface area contributed by atoms with Gasteiger partial charge in [0, 0.05) is 17.1 Å². The third-order valence-corrected chi connectivity index (χ3v) is 1.59. The minimum Gasteiger partial charge on any atom is 0 e. The van der Waals surface area contributed by atoms with E-state index in [9.17, 15) is 0 Å². The molecule has 0 bridgehead atoms. The van der Waals surface area contributed by atoms with Crippen LogP contribution in [-0.2, 0) is 17.1 Å². The molecule has 0 rings (SSSR count). The van der Waals surface area contributed by atoms with Crippen LogP contribution in [0.1, 0.15) is 13.3 Å². The van der Waals surface area contributed by atoms with Crippen molar-refractivity contribution in [3.8, 4) is 0 Å². The molecule has 0 nitrogen and oxygen atoms in total. The van der Waals surface area contributed by atoms with Crippen LogP contribution >= 0.6 is 0 Å². The molecule has 0 atom stereocenters. The molecule has 0 heterocycles. The summed E-state index contributed by atoms with van der Waals surface area (Å²) in [5.41, 5.74) is 0. The van der Waals surface area contributed by atoms with E-state index in [1.807, 2.05) is 0 Å². The first-order valence-corrected chi connectivity index (χ1v) is 4.73. The molecule has 0 aromatic carbocycles. The standard InChI is InChI=1S/C5H9.Cu.K/c1-3-5-4-2;;/h4-5H,1,3H2,2H3;;. The molecule has 0 aliphatic rings. The first-order chi connectivity index (χ1) is 2.91. The second-order valence-electron chi connectivity index (χ2n) is 1.36. The van der Waals surface area contributed by atoms with Crippen LogP contribution in [0.15, 0.2) is 12.2 Å². The largest absolute Gasteiger partial charge is 0 e. The summed E-state index contributed by atoms with van der Waals surface area (Å²) < 4.78 is 1.46. The Hall–Kier alpha value is 1.90. The topological polar surface area (TPSA) is 0 Å². The zero-order valence-electron chi connectivity index (χ0n) is 4.87. The van der Waals surface area contributed by atoms with Crippen molar-refractivity contribution in [3.63, 3.8) is 0 Å². The van der Waals surface area contributed by atoms with Gasteiger partial charge in [-0.1, -0.05) is 0 Å². The van der Waals surface area contributed by atoms with Crippen LogP contribution in [0.5, 0.6) is 0 Å². The Morgan fingerprint density at radius 2 is 2.14 bits per heavy atom. The first-order valence-electron chi connectivity index (χ1n) is 2.53. The van der Waals surface area contributed by atoms with Gasteiger partial charge in [-0.15, -0.1) is 0 Å². The van der Waals surface area contributed by atoms with Gasteiger partial charge in [-0.25, -0.2) is 0 Å². The molecule has 0 aromatic heterocycles. The molecule has 7 heavy (non-hydrogen) atoms. The maximum absolute atomic E-state index is 2.23. The van der Waals surface area contributed by atoms with Crippen LogP contribution < -0.4 is 0 Å². The van der Waals surface area contributed by atoms with Crippen molar-refractivity contribution >= 4 is 49.0 Å². The van der Waals surface area contributed by atoms with E-state index < -0.39 is 0 Å². The SMILES string of the molecule is CC=CC[CH2][K].[Cu]. The summed E-state index contributed by atoms with van der Waals surface area (Å²) in [5, 5.41) is 0. The molecule has 0 fully saturated rings. The molecule has 0 unspecified atom stereocenters. The zero-order valence-corrected chi connectivity index (χ0v) is 8.94. The van der Waals surface area contributed by atoms with Gasteiger partial charge in [0.25, 0.3) is 0 Å². The summed E-state index contributed by atoms with van der Waals surface area (Å²) in [7, 11) is 0. The second-order valence-corrected chi connectivity index (χ2v) is 2.92. The van der Waals surface area contributed by atoms with Crippen molar-refractivity contribution in [2.75, 3.05) is 0 Å². The predicted octanol–water partition coefficient (Wildman–Crippen LogP) is 1.54. The van der Waals surface area contributed by atoms with E-state index in [1.165, 1.54) is 6.94 Å². The van der Waals surface area contributed by atoms with Crippen LogP contribution in [0.25, 0.3) is 0 Å². The van der Waals surface area contributed by atoms with Gasteiger partial charge in [0.2, 0.25) is 0 Å². The Balaban J connectivity index is 0. The fraction of sp³-hybridized carbons (Fsp3) is 0.600. The van der Waals surface area contributed by atoms with Crippen molar-refractivity contribution in [2.24, 2.45) is 0 Å². The Bertz CT molecular complexity index is 43.3. The summed E-state index contributed by atoms with van der Waals surface area (Å²) in [6, 6.07) is 0. The molecule has 1 radical (unpaired) electrons. The molecule has 0 aliphatic heterocycles. The van der Waals surface area contributed by atoms with Crippen LogP contribution in [0.3, 0.4) is 0 Å². The normalized spacial score (nSPS) is 9.00. The van der Waals surface area contributed by atoms with Gasteiger partial charge in [0.1, 0.15) is 0 Å². The third kappa shape index (κ3) is 11.5. The van der Waals surface area contributed by atoms with E-state index in [0.717, 1.165) is 49.0 Å². The van der Waals surface area contributed by atoms with Gasteiger partial charge in [0.15, 0.2) is 0 Å². The third-order valence-electron chi connectivity index (χ3n) is 0.691. The number of hydrogen-bond donors (Lipinski definition) is 0. The maximum atomic E-state index is 2.23. The van der Waals surface area contributed by atoms with E-state index >= 15 is 0 Å². The van der Waals surface area contributed by atoms with Crippen molar-refractivity contribution in [1.29, 1.82) is 0 Å². The first kappa shape index (κ1) is 11.7. The van der Waals surface area contributed by atoms with E-state index in [2.05, 4.69) is 19.1 Å². The summed E-state index contributed by atoms with van der Waals surface area (Å²) >= 11 is 1.06. The zero-order chi connectivity index (χ0) is 4.83. The average Bonchev–Trinajstić information content (AvgIpc) is 1.61. The molecule has 0 amide bonds. The monoisotopic (exact) mass is 171 g/mol. The molecule has 0 aromatic rings. The van der Waals surface area contributed by atoms with Gasteiger partial charge in [-0.3, -0.25) is 0 Å². The van der Waals surface area contributed by atoms with E-state index in [0.29, 0.717) is 0 Å². The van der Waals surface area contributed by atoms with Gasteiger partial charge < -0.3 is 0 Å². The molecular formula is C5H9CuK. The van der Waals surface area contributed by atoms with E-state index in [1.54, 1.807) is 0 Å². The minimum absolute atomic E-state index is 0. The predicted molar refractivity (Wildman–Crippen MR) is 30.0 cm³/mol. The fourth-order valence-electron chi connectivity index (χ4n) is 0.333. The molecule has 2 heteroatoms. The van der Waals surface area contributed by atoms with Gasteiger partial charge in [-0.05, 0) is 0 Å². The van der Waals surface area contributed by atoms with Gasteiger partial charge >= 0.3 is 75.0 Å². The van der Waals surface area contributed by atoms with E-state index in [-0.39, 0.29) is 17.1 Å². The maximum Gasteiger partial charge on any atom is 0 e. The van der Waals surface area contributed by atoms with Crippen LogP contribution in [-0.4, -0.2) is 49.0 Å². The van der Waals surface area contributed by atoms with Gasteiger partial charge in [0.05, 0.1) is 0 Å². The van der Waals surface area contributed by atoms with E-state index in [4.69, 9.17) is 0 Å². The molecule has 0 aliphatic carbocycles. The summed E-state index contributed by atoms with van der Waals surface area (Å²) in [5.74, 6) is 0. The minimum atomic E-state index is 0. The number of rotatable bonds is 2. The van der Waals surface area contributed by atoms with Gasteiger partial charge in [-0.2, -0.15) is 0 Å².